The van der Waals surface area contributed by atoms with E-state index < -0.39 is 6.04 Å². The molecule has 3 rings (SSSR count). The number of amides is 2. The molecule has 0 unspecified atom stereocenters. The molecule has 23 heavy (non-hydrogen) atoms. The highest BCUT2D eigenvalue weighted by Gasteiger charge is 2.34. The monoisotopic (exact) mass is 314 g/mol. The number of aromatic amines is 1. The summed E-state index contributed by atoms with van der Waals surface area (Å²) < 4.78 is 5.26. The minimum atomic E-state index is -0.661. The van der Waals surface area contributed by atoms with Gasteiger partial charge in [0.05, 0.1) is 24.2 Å². The summed E-state index contributed by atoms with van der Waals surface area (Å²) >= 11 is 0. The van der Waals surface area contributed by atoms with Gasteiger partial charge in [-0.1, -0.05) is 30.3 Å². The summed E-state index contributed by atoms with van der Waals surface area (Å²) in [5, 5.41) is 9.42. The quantitative estimate of drug-likeness (QED) is 0.884. The molecule has 120 valence electrons. The van der Waals surface area contributed by atoms with E-state index in [0.717, 1.165) is 11.3 Å². The summed E-state index contributed by atoms with van der Waals surface area (Å²) in [4.78, 5) is 26.3. The van der Waals surface area contributed by atoms with Gasteiger partial charge < -0.3 is 15.0 Å². The van der Waals surface area contributed by atoms with Crippen molar-refractivity contribution in [3.8, 4) is 0 Å². The van der Waals surface area contributed by atoms with Crippen molar-refractivity contribution in [2.75, 3.05) is 18.5 Å². The lowest BCUT2D eigenvalue weighted by Gasteiger charge is -2.34. The molecule has 0 saturated carbocycles. The number of hydrogen-bond acceptors (Lipinski definition) is 4. The molecule has 0 radical (unpaired) electrons. The highest BCUT2D eigenvalue weighted by Crippen LogP contribution is 2.17. The molecule has 1 aliphatic rings. The fraction of sp³-hybridized carbons (Fsp3) is 0.312. The molecule has 1 aromatic heterocycles. The van der Waals surface area contributed by atoms with Crippen LogP contribution in [0.15, 0.2) is 36.5 Å². The molecule has 0 spiro atoms. The molecule has 1 atom stereocenters. The zero-order chi connectivity index (χ0) is 16.2. The van der Waals surface area contributed by atoms with Crippen molar-refractivity contribution < 1.29 is 14.3 Å². The largest absolute Gasteiger partial charge is 0.369 e. The lowest BCUT2D eigenvalue weighted by atomic mass is 10.1. The van der Waals surface area contributed by atoms with Crippen LogP contribution < -0.4 is 5.32 Å². The summed E-state index contributed by atoms with van der Waals surface area (Å²) in [7, 11) is 0. The Labute approximate surface area is 133 Å². The molecule has 1 aliphatic heterocycles. The second-order valence-electron chi connectivity index (χ2n) is 5.44. The number of hydrogen-bond donors (Lipinski definition) is 2. The fourth-order valence-electron chi connectivity index (χ4n) is 2.49. The van der Waals surface area contributed by atoms with Crippen molar-refractivity contribution in [1.82, 2.24) is 15.1 Å². The Morgan fingerprint density at radius 2 is 2.22 bits per heavy atom. The van der Waals surface area contributed by atoms with Crippen LogP contribution in [0.1, 0.15) is 11.3 Å². The predicted molar refractivity (Wildman–Crippen MR) is 83.6 cm³/mol. The van der Waals surface area contributed by atoms with E-state index in [1.54, 1.807) is 11.1 Å². The van der Waals surface area contributed by atoms with E-state index in [2.05, 4.69) is 15.5 Å². The molecule has 7 nitrogen and oxygen atoms in total. The maximum atomic E-state index is 12.5. The van der Waals surface area contributed by atoms with Crippen LogP contribution in [0.25, 0.3) is 0 Å². The van der Waals surface area contributed by atoms with Gasteiger partial charge >= 0.3 is 0 Å². The SMILES string of the molecule is Cc1[nH]ncc1NC(=O)[C@H]1COCC(=O)N1Cc1ccccc1. The molecule has 0 bridgehead atoms. The van der Waals surface area contributed by atoms with Crippen molar-refractivity contribution in [3.63, 3.8) is 0 Å². The van der Waals surface area contributed by atoms with Gasteiger partial charge in [0.2, 0.25) is 11.8 Å². The van der Waals surface area contributed by atoms with E-state index in [0.29, 0.717) is 12.2 Å². The van der Waals surface area contributed by atoms with Gasteiger partial charge in [-0.05, 0) is 12.5 Å². The third-order valence-electron chi connectivity index (χ3n) is 3.78. The molecule has 1 aromatic carbocycles. The number of aromatic nitrogens is 2. The second kappa shape index (κ2) is 6.62. The van der Waals surface area contributed by atoms with Crippen molar-refractivity contribution in [2.45, 2.75) is 19.5 Å². The smallest absolute Gasteiger partial charge is 0.249 e. The van der Waals surface area contributed by atoms with E-state index in [9.17, 15) is 9.59 Å². The highest BCUT2D eigenvalue weighted by atomic mass is 16.5. The number of nitrogens with zero attached hydrogens (tertiary/aromatic N) is 2. The van der Waals surface area contributed by atoms with Crippen LogP contribution in [0.3, 0.4) is 0 Å². The van der Waals surface area contributed by atoms with Crippen molar-refractivity contribution in [3.05, 3.63) is 47.8 Å². The van der Waals surface area contributed by atoms with Gasteiger partial charge in [0.1, 0.15) is 12.6 Å². The number of H-pyrrole nitrogens is 1. The summed E-state index contributed by atoms with van der Waals surface area (Å²) in [5.74, 6) is -0.470. The number of carbonyl (C=O) groups excluding carboxylic acids is 2. The number of nitrogens with one attached hydrogen (secondary N) is 2. The zero-order valence-corrected chi connectivity index (χ0v) is 12.8. The van der Waals surface area contributed by atoms with Crippen LogP contribution in [0.4, 0.5) is 5.69 Å². The maximum Gasteiger partial charge on any atom is 0.249 e. The molecule has 2 heterocycles. The molecule has 2 amide bonds. The first-order valence-corrected chi connectivity index (χ1v) is 7.37. The molecule has 2 N–H and O–H groups in total. The van der Waals surface area contributed by atoms with Crippen LogP contribution in [0.5, 0.6) is 0 Å². The summed E-state index contributed by atoms with van der Waals surface area (Å²) in [6.07, 6.45) is 1.54. The first kappa shape index (κ1) is 15.2. The standard InChI is InChI=1S/C16H18N4O3/c1-11-13(7-17-19-11)18-16(22)14-9-23-10-15(21)20(14)8-12-5-3-2-4-6-12/h2-7,14H,8-10H2,1H3,(H,17,19)(H,18,22)/t14-/m1/s1. The predicted octanol–water partition coefficient (Wildman–Crippen LogP) is 1.08. The van der Waals surface area contributed by atoms with Crippen LogP contribution >= 0.6 is 0 Å². The molecule has 0 aliphatic carbocycles. The number of ether oxygens (including phenoxy) is 1. The van der Waals surface area contributed by atoms with E-state index in [1.807, 2.05) is 37.3 Å². The third kappa shape index (κ3) is 3.40. The van der Waals surface area contributed by atoms with Gasteiger partial charge in [-0.15, -0.1) is 0 Å². The number of rotatable bonds is 4. The number of anilines is 1. The van der Waals surface area contributed by atoms with E-state index in [-0.39, 0.29) is 25.0 Å². The first-order chi connectivity index (χ1) is 11.1. The van der Waals surface area contributed by atoms with Crippen molar-refractivity contribution >= 4 is 17.5 Å². The summed E-state index contributed by atoms with van der Waals surface area (Å²) in [5.41, 5.74) is 2.34. The minimum absolute atomic E-state index is 0.00134. The lowest BCUT2D eigenvalue weighted by Crippen LogP contribution is -2.54. The van der Waals surface area contributed by atoms with Crippen LogP contribution in [-0.2, 0) is 20.9 Å². The molecular formula is C16H18N4O3. The molecule has 7 heteroatoms. The maximum absolute atomic E-state index is 12.5. The first-order valence-electron chi connectivity index (χ1n) is 7.37. The third-order valence-corrected chi connectivity index (χ3v) is 3.78. The second-order valence-corrected chi connectivity index (χ2v) is 5.44. The fourth-order valence-corrected chi connectivity index (χ4v) is 2.49. The Morgan fingerprint density at radius 3 is 2.91 bits per heavy atom. The van der Waals surface area contributed by atoms with Crippen molar-refractivity contribution in [1.29, 1.82) is 0 Å². The highest BCUT2D eigenvalue weighted by molar-refractivity contribution is 5.98. The molecule has 2 aromatic rings. The summed E-state index contributed by atoms with van der Waals surface area (Å²) in [6, 6.07) is 8.92. The normalized spacial score (nSPS) is 18.0. The Balaban J connectivity index is 1.76. The van der Waals surface area contributed by atoms with E-state index in [4.69, 9.17) is 4.74 Å². The van der Waals surface area contributed by atoms with Crippen molar-refractivity contribution in [2.24, 2.45) is 0 Å². The Hall–Kier alpha value is -2.67. The van der Waals surface area contributed by atoms with Gasteiger partial charge in [-0.3, -0.25) is 14.7 Å². The lowest BCUT2D eigenvalue weighted by molar-refractivity contribution is -0.154. The number of benzene rings is 1. The van der Waals surface area contributed by atoms with Gasteiger partial charge in [0.15, 0.2) is 0 Å². The van der Waals surface area contributed by atoms with Crippen LogP contribution in [0, 0.1) is 6.92 Å². The van der Waals surface area contributed by atoms with Gasteiger partial charge in [-0.2, -0.15) is 5.10 Å². The van der Waals surface area contributed by atoms with E-state index in [1.165, 1.54) is 0 Å². The average molecular weight is 314 g/mol. The zero-order valence-electron chi connectivity index (χ0n) is 12.8. The summed E-state index contributed by atoms with van der Waals surface area (Å²) in [6.45, 7) is 2.38. The van der Waals surface area contributed by atoms with Gasteiger partial charge in [0.25, 0.3) is 0 Å². The molecule has 1 fully saturated rings. The van der Waals surface area contributed by atoms with Crippen LogP contribution in [-0.4, -0.2) is 46.2 Å². The topological polar surface area (TPSA) is 87.3 Å². The Kier molecular flexibility index (Phi) is 4.38. The minimum Gasteiger partial charge on any atom is -0.369 e. The Bertz CT molecular complexity index is 698. The number of aryl methyl sites for hydroxylation is 1. The Morgan fingerprint density at radius 1 is 1.43 bits per heavy atom. The molecule has 1 saturated heterocycles. The van der Waals surface area contributed by atoms with Gasteiger partial charge in [-0.25, -0.2) is 0 Å². The van der Waals surface area contributed by atoms with Gasteiger partial charge in [0, 0.05) is 6.54 Å². The van der Waals surface area contributed by atoms with Crippen LogP contribution in [0.2, 0.25) is 0 Å². The molecular weight excluding hydrogens is 296 g/mol. The average Bonchev–Trinajstić information content (AvgIpc) is 2.95. The van der Waals surface area contributed by atoms with E-state index >= 15 is 0 Å². The number of morpholine rings is 1. The number of carbonyl (C=O) groups is 2.